The quantitative estimate of drug-likeness (QED) is 0.459. The molecule has 0 saturated carbocycles. The Morgan fingerprint density at radius 1 is 0.912 bits per heavy atom. The topological polar surface area (TPSA) is 120 Å². The Balaban J connectivity index is 2.06. The predicted molar refractivity (Wildman–Crippen MR) is 127 cm³/mol. The van der Waals surface area contributed by atoms with Gasteiger partial charge in [0.15, 0.2) is 0 Å². The Morgan fingerprint density at radius 2 is 1.50 bits per heavy atom. The molecule has 0 heterocycles. The fraction of sp³-hybridized carbons (Fsp3) is 0.417. The fourth-order valence-corrected chi connectivity index (χ4v) is 5.08. The second-order valence-corrected chi connectivity index (χ2v) is 9.56. The highest BCUT2D eigenvalue weighted by Gasteiger charge is 2.23. The van der Waals surface area contributed by atoms with Crippen LogP contribution in [0.25, 0.3) is 0 Å². The summed E-state index contributed by atoms with van der Waals surface area (Å²) in [6, 6.07) is 8.12. The van der Waals surface area contributed by atoms with Crippen molar-refractivity contribution in [1.82, 2.24) is 10.0 Å². The van der Waals surface area contributed by atoms with Crippen molar-refractivity contribution < 1.29 is 32.2 Å². The van der Waals surface area contributed by atoms with E-state index in [0.29, 0.717) is 23.4 Å². The molecule has 10 heteroatoms. The molecule has 0 spiro atoms. The van der Waals surface area contributed by atoms with Gasteiger partial charge in [-0.05, 0) is 54.7 Å². The molecule has 0 saturated heterocycles. The Morgan fingerprint density at radius 3 is 2.03 bits per heavy atom. The molecular formula is C24H32N2O7S. The van der Waals surface area contributed by atoms with Gasteiger partial charge in [-0.15, -0.1) is 0 Å². The summed E-state index contributed by atoms with van der Waals surface area (Å²) in [5.74, 6) is -0.432. The van der Waals surface area contributed by atoms with Crippen LogP contribution in [0.5, 0.6) is 5.75 Å². The molecule has 2 aromatic carbocycles. The van der Waals surface area contributed by atoms with Crippen molar-refractivity contribution in [2.45, 2.75) is 51.2 Å². The first-order chi connectivity index (χ1) is 16.0. The average molecular weight is 493 g/mol. The Labute approximate surface area is 200 Å². The van der Waals surface area contributed by atoms with E-state index in [1.807, 2.05) is 19.1 Å². The van der Waals surface area contributed by atoms with E-state index in [-0.39, 0.29) is 17.9 Å². The lowest BCUT2D eigenvalue weighted by Crippen LogP contribution is -2.39. The molecule has 2 aromatic rings. The molecule has 0 aliphatic carbocycles. The van der Waals surface area contributed by atoms with E-state index in [4.69, 9.17) is 9.47 Å². The molecule has 0 fully saturated rings. The molecule has 0 amide bonds. The zero-order valence-corrected chi connectivity index (χ0v) is 21.2. The minimum Gasteiger partial charge on any atom is -0.496 e. The van der Waals surface area contributed by atoms with Crippen LogP contribution in [0.1, 0.15) is 34.2 Å². The van der Waals surface area contributed by atoms with Crippen molar-refractivity contribution in [3.8, 4) is 5.75 Å². The van der Waals surface area contributed by atoms with Crippen molar-refractivity contribution in [3.63, 3.8) is 0 Å². The molecule has 0 radical (unpaired) electrons. The number of hydrogen-bond acceptors (Lipinski definition) is 8. The van der Waals surface area contributed by atoms with Crippen LogP contribution in [0.4, 0.5) is 0 Å². The maximum atomic E-state index is 13.0. The number of ether oxygens (including phenoxy) is 3. The highest BCUT2D eigenvalue weighted by atomic mass is 32.2. The van der Waals surface area contributed by atoms with E-state index < -0.39 is 28.0 Å². The Bertz CT molecular complexity index is 1130. The molecule has 2 rings (SSSR count). The first kappa shape index (κ1) is 27.3. The van der Waals surface area contributed by atoms with Crippen LogP contribution in [-0.4, -0.2) is 47.7 Å². The zero-order chi connectivity index (χ0) is 25.5. The number of methoxy groups -OCH3 is 3. The molecule has 9 nitrogen and oxygen atoms in total. The first-order valence-electron chi connectivity index (χ1n) is 10.6. The zero-order valence-electron chi connectivity index (χ0n) is 20.4. The summed E-state index contributed by atoms with van der Waals surface area (Å²) in [6.45, 7) is 5.77. The highest BCUT2D eigenvalue weighted by molar-refractivity contribution is 7.89. The van der Waals surface area contributed by atoms with E-state index in [9.17, 15) is 18.0 Å². The Hall–Kier alpha value is -2.95. The van der Waals surface area contributed by atoms with Crippen LogP contribution < -0.4 is 14.8 Å². The molecule has 2 N–H and O–H groups in total. The Kier molecular flexibility index (Phi) is 9.60. The van der Waals surface area contributed by atoms with Gasteiger partial charge in [-0.1, -0.05) is 24.3 Å². The van der Waals surface area contributed by atoms with Gasteiger partial charge in [-0.25, -0.2) is 13.1 Å². The highest BCUT2D eigenvalue weighted by Crippen LogP contribution is 2.30. The fourth-order valence-electron chi connectivity index (χ4n) is 3.54. The molecule has 34 heavy (non-hydrogen) atoms. The number of carbonyl (C=O) groups excluding carboxylic acids is 2. The molecule has 0 bridgehead atoms. The molecular weight excluding hydrogens is 460 g/mol. The van der Waals surface area contributed by atoms with E-state index in [1.54, 1.807) is 39.2 Å². The van der Waals surface area contributed by atoms with Gasteiger partial charge in [0.05, 0.1) is 32.6 Å². The van der Waals surface area contributed by atoms with Gasteiger partial charge in [0.25, 0.3) is 0 Å². The lowest BCUT2D eigenvalue weighted by Gasteiger charge is -2.17. The normalized spacial score (nSPS) is 12.2. The smallest absolute Gasteiger partial charge is 0.323 e. The van der Waals surface area contributed by atoms with Gasteiger partial charge in [0.1, 0.15) is 11.8 Å². The maximum absolute atomic E-state index is 13.0. The maximum Gasteiger partial charge on any atom is 0.323 e. The van der Waals surface area contributed by atoms with Crippen LogP contribution >= 0.6 is 0 Å². The van der Waals surface area contributed by atoms with Crippen molar-refractivity contribution in [2.75, 3.05) is 21.3 Å². The number of carbonyl (C=O) groups is 2. The van der Waals surface area contributed by atoms with E-state index in [0.717, 1.165) is 16.7 Å². The van der Waals surface area contributed by atoms with Crippen LogP contribution in [0.15, 0.2) is 35.2 Å². The lowest BCUT2D eigenvalue weighted by molar-refractivity contribution is -0.149. The third-order valence-electron chi connectivity index (χ3n) is 5.59. The number of nitrogens with one attached hydrogen (secondary N) is 2. The molecule has 1 atom stereocenters. The molecule has 0 aliphatic rings. The lowest BCUT2D eigenvalue weighted by atomic mass is 10.1. The summed E-state index contributed by atoms with van der Waals surface area (Å²) in [5, 5.41) is 2.98. The monoisotopic (exact) mass is 492 g/mol. The summed E-state index contributed by atoms with van der Waals surface area (Å²) in [6.07, 6.45) is -0.146. The molecule has 0 unspecified atom stereocenters. The van der Waals surface area contributed by atoms with Crippen LogP contribution in [0, 0.1) is 20.8 Å². The standard InChI is InChI=1S/C24H32N2O7S/c1-15-11-21(31-4)16(2)17(3)23(15)34(29,30)26-14-19-9-7-18(8-10-19)13-25-20(24(28)33-6)12-22(27)32-5/h7-11,20,25-26H,12-14H2,1-6H3/t20-/m0/s1. The summed E-state index contributed by atoms with van der Waals surface area (Å²) < 4.78 is 43.3. The predicted octanol–water partition coefficient (Wildman–Crippen LogP) is 2.29. The van der Waals surface area contributed by atoms with Crippen LogP contribution in [-0.2, 0) is 42.2 Å². The number of sulfonamides is 1. The number of rotatable bonds is 11. The molecule has 186 valence electrons. The summed E-state index contributed by atoms with van der Waals surface area (Å²) >= 11 is 0. The van der Waals surface area contributed by atoms with Crippen molar-refractivity contribution in [3.05, 3.63) is 58.1 Å². The summed E-state index contributed by atoms with van der Waals surface area (Å²) in [7, 11) is 0.321. The van der Waals surface area contributed by atoms with E-state index in [2.05, 4.69) is 14.8 Å². The number of aryl methyl sites for hydroxylation is 1. The SMILES string of the molecule is COC(=O)C[C@H](NCc1ccc(CNS(=O)(=O)c2c(C)cc(OC)c(C)c2C)cc1)C(=O)OC. The number of benzene rings is 2. The van der Waals surface area contributed by atoms with Gasteiger partial charge in [-0.2, -0.15) is 0 Å². The van der Waals surface area contributed by atoms with Crippen LogP contribution in [0.2, 0.25) is 0 Å². The van der Waals surface area contributed by atoms with Crippen molar-refractivity contribution in [1.29, 1.82) is 0 Å². The number of hydrogen-bond donors (Lipinski definition) is 2. The third-order valence-corrected chi connectivity index (χ3v) is 7.28. The van der Waals surface area contributed by atoms with E-state index in [1.165, 1.54) is 14.2 Å². The summed E-state index contributed by atoms with van der Waals surface area (Å²) in [5.41, 5.74) is 3.66. The first-order valence-corrected chi connectivity index (χ1v) is 12.1. The third kappa shape index (κ3) is 6.78. The van der Waals surface area contributed by atoms with Gasteiger partial charge < -0.3 is 14.2 Å². The van der Waals surface area contributed by atoms with Gasteiger partial charge >= 0.3 is 11.9 Å². The summed E-state index contributed by atoms with van der Waals surface area (Å²) in [4.78, 5) is 23.6. The minimum atomic E-state index is -3.74. The largest absolute Gasteiger partial charge is 0.496 e. The number of esters is 2. The van der Waals surface area contributed by atoms with E-state index >= 15 is 0 Å². The minimum absolute atomic E-state index is 0.118. The van der Waals surface area contributed by atoms with Gasteiger partial charge in [0.2, 0.25) is 10.0 Å². The second-order valence-electron chi connectivity index (χ2n) is 7.85. The average Bonchev–Trinajstić information content (AvgIpc) is 2.82. The van der Waals surface area contributed by atoms with Crippen molar-refractivity contribution >= 4 is 22.0 Å². The second kappa shape index (κ2) is 12.0. The van der Waals surface area contributed by atoms with Gasteiger partial charge in [-0.3, -0.25) is 14.9 Å². The van der Waals surface area contributed by atoms with Gasteiger partial charge in [0, 0.05) is 13.1 Å². The van der Waals surface area contributed by atoms with Crippen LogP contribution in [0.3, 0.4) is 0 Å². The molecule has 0 aliphatic heterocycles. The van der Waals surface area contributed by atoms with Crippen molar-refractivity contribution in [2.24, 2.45) is 0 Å². The molecule has 0 aromatic heterocycles.